The second-order valence-corrected chi connectivity index (χ2v) is 13.5. The van der Waals surface area contributed by atoms with Crippen LogP contribution in [0.4, 0.5) is 38.0 Å². The highest BCUT2D eigenvalue weighted by Crippen LogP contribution is 2.33. The Hall–Kier alpha value is -7.02. The van der Waals surface area contributed by atoms with Gasteiger partial charge in [-0.15, -0.1) is 0 Å². The predicted molar refractivity (Wildman–Crippen MR) is 216 cm³/mol. The molecule has 3 N–H and O–H groups in total. The summed E-state index contributed by atoms with van der Waals surface area (Å²) in [6, 6.07) is 23.6. The molecule has 2 aliphatic rings. The number of rotatable bonds is 9. The first-order valence-electron chi connectivity index (χ1n) is 18.1. The van der Waals surface area contributed by atoms with E-state index in [0.717, 1.165) is 28.1 Å². The Balaban J connectivity index is 1.08. The first-order chi connectivity index (χ1) is 27.1. The molecule has 13 heteroatoms. The number of pyridine rings is 1. The zero-order chi connectivity index (χ0) is 39.3. The first-order valence-corrected chi connectivity index (χ1v) is 18.1. The number of halogens is 1. The lowest BCUT2D eigenvalue weighted by Gasteiger charge is -2.35. The Kier molecular flexibility index (Phi) is 10.8. The fourth-order valence-corrected chi connectivity index (χ4v) is 6.61. The SMILES string of the molecule is C/C=C1/C(c2ccccc2)=N[C@@H](Cc2cccc(F)c2)C(=O)N/C1=C/CC(=O)Nc1ccc(C)c(N2Cc3cnc(Nc4ccc(C)nc4)nc3N(C)C2=O)c1. The maximum atomic E-state index is 14.0. The van der Waals surface area contributed by atoms with Crippen molar-refractivity contribution in [1.29, 1.82) is 0 Å². The van der Waals surface area contributed by atoms with Gasteiger partial charge >= 0.3 is 6.03 Å². The third-order valence-corrected chi connectivity index (χ3v) is 9.49. The van der Waals surface area contributed by atoms with Gasteiger partial charge in [0.1, 0.15) is 17.7 Å². The van der Waals surface area contributed by atoms with E-state index in [1.807, 2.05) is 75.4 Å². The van der Waals surface area contributed by atoms with Crippen molar-refractivity contribution < 1.29 is 18.8 Å². The zero-order valence-electron chi connectivity index (χ0n) is 31.4. The molecule has 56 heavy (non-hydrogen) atoms. The van der Waals surface area contributed by atoms with Crippen molar-refractivity contribution in [3.63, 3.8) is 0 Å². The van der Waals surface area contributed by atoms with Crippen LogP contribution in [-0.4, -0.2) is 51.6 Å². The standard InChI is InChI=1S/C43H40FN9O3/c1-5-34-35(50-41(55)36(21-28-10-9-13-31(44)20-28)49-39(34)29-11-7-6-8-12-29)18-19-38(54)47-32-16-14-26(2)37(22-32)53-25-30-23-46-42(51-40(30)52(4)43(53)56)48-33-17-15-27(3)45-24-33/h5-18,20,22-24,36H,19,21,25H2,1-4H3,(H,47,54)(H,50,55)(H,46,48,51)/b34-5+,35-18+/t36-/m0/s1. The number of carbonyl (C=O) groups excluding carboxylic acids is 3. The van der Waals surface area contributed by atoms with E-state index >= 15 is 0 Å². The van der Waals surface area contributed by atoms with Gasteiger partial charge in [-0.25, -0.2) is 14.2 Å². The van der Waals surface area contributed by atoms with E-state index in [4.69, 9.17) is 4.99 Å². The normalized spacial score (nSPS) is 16.9. The van der Waals surface area contributed by atoms with Gasteiger partial charge in [0.2, 0.25) is 17.8 Å². The van der Waals surface area contributed by atoms with Crippen molar-refractivity contribution in [1.82, 2.24) is 20.3 Å². The molecule has 0 radical (unpaired) electrons. The van der Waals surface area contributed by atoms with Crippen molar-refractivity contribution in [2.24, 2.45) is 4.99 Å². The Labute approximate surface area is 323 Å². The maximum Gasteiger partial charge on any atom is 0.330 e. The molecule has 0 unspecified atom stereocenters. The summed E-state index contributed by atoms with van der Waals surface area (Å²) in [6.07, 6.45) is 7.02. The Morgan fingerprint density at radius 2 is 1.77 bits per heavy atom. The second-order valence-electron chi connectivity index (χ2n) is 13.5. The lowest BCUT2D eigenvalue weighted by atomic mass is 9.98. The fraction of sp³-hybridized carbons (Fsp3) is 0.186. The number of hydrogen-bond acceptors (Lipinski definition) is 8. The number of aliphatic imine (C=N–C) groups is 1. The molecule has 0 fully saturated rings. The molecule has 2 aromatic heterocycles. The number of allylic oxidation sites excluding steroid dienone is 2. The fourth-order valence-electron chi connectivity index (χ4n) is 6.61. The molecule has 3 aromatic carbocycles. The number of aryl methyl sites for hydroxylation is 2. The van der Waals surface area contributed by atoms with Gasteiger partial charge in [0.05, 0.1) is 29.8 Å². The van der Waals surface area contributed by atoms with Crippen LogP contribution in [0.5, 0.6) is 0 Å². The number of carbonyl (C=O) groups is 3. The number of benzene rings is 3. The second kappa shape index (κ2) is 16.1. The zero-order valence-corrected chi connectivity index (χ0v) is 31.4. The van der Waals surface area contributed by atoms with Crippen LogP contribution >= 0.6 is 0 Å². The summed E-state index contributed by atoms with van der Waals surface area (Å²) in [5.41, 5.74) is 7.44. The van der Waals surface area contributed by atoms with Gasteiger partial charge in [0, 0.05) is 59.9 Å². The van der Waals surface area contributed by atoms with Crippen molar-refractivity contribution in [3.8, 4) is 0 Å². The van der Waals surface area contributed by atoms with E-state index in [0.29, 0.717) is 45.7 Å². The van der Waals surface area contributed by atoms with Crippen LogP contribution in [0, 0.1) is 19.7 Å². The topological polar surface area (TPSA) is 145 Å². The van der Waals surface area contributed by atoms with E-state index < -0.39 is 6.04 Å². The van der Waals surface area contributed by atoms with Crippen LogP contribution in [0.1, 0.15) is 41.3 Å². The molecular formula is C43H40FN9O3. The minimum absolute atomic E-state index is 0.0715. The molecule has 0 saturated carbocycles. The summed E-state index contributed by atoms with van der Waals surface area (Å²) in [6.45, 7) is 5.87. The van der Waals surface area contributed by atoms with Crippen LogP contribution < -0.4 is 25.8 Å². The number of hydrogen-bond donors (Lipinski definition) is 3. The summed E-state index contributed by atoms with van der Waals surface area (Å²) in [5, 5.41) is 9.06. The van der Waals surface area contributed by atoms with E-state index in [2.05, 4.69) is 30.9 Å². The van der Waals surface area contributed by atoms with Gasteiger partial charge in [-0.2, -0.15) is 4.98 Å². The Bertz CT molecular complexity index is 2410. The number of nitrogens with one attached hydrogen (secondary N) is 3. The summed E-state index contributed by atoms with van der Waals surface area (Å²) in [7, 11) is 1.66. The average Bonchev–Trinajstić information content (AvgIpc) is 3.32. The van der Waals surface area contributed by atoms with E-state index in [-0.39, 0.29) is 43.0 Å². The van der Waals surface area contributed by atoms with E-state index in [1.54, 1.807) is 54.7 Å². The highest BCUT2D eigenvalue weighted by atomic mass is 19.1. The number of amides is 4. The number of nitrogens with zero attached hydrogens (tertiary/aromatic N) is 6. The lowest BCUT2D eigenvalue weighted by molar-refractivity contribution is -0.121. The molecule has 0 saturated heterocycles. The quantitative estimate of drug-likeness (QED) is 0.143. The van der Waals surface area contributed by atoms with Crippen LogP contribution in [0.3, 0.4) is 0 Å². The highest BCUT2D eigenvalue weighted by Gasteiger charge is 2.32. The van der Waals surface area contributed by atoms with E-state index in [9.17, 15) is 18.8 Å². The minimum atomic E-state index is -0.835. The summed E-state index contributed by atoms with van der Waals surface area (Å²) in [4.78, 5) is 62.2. The van der Waals surface area contributed by atoms with Gasteiger partial charge in [-0.05, 0) is 68.3 Å². The van der Waals surface area contributed by atoms with Crippen molar-refractivity contribution in [2.75, 3.05) is 27.5 Å². The monoisotopic (exact) mass is 749 g/mol. The molecule has 282 valence electrons. The summed E-state index contributed by atoms with van der Waals surface area (Å²) >= 11 is 0. The summed E-state index contributed by atoms with van der Waals surface area (Å²) in [5.74, 6) is -0.255. The molecule has 2 aliphatic heterocycles. The third kappa shape index (κ3) is 8.21. The van der Waals surface area contributed by atoms with Crippen molar-refractivity contribution >= 4 is 52.4 Å². The molecule has 12 nitrogen and oxygen atoms in total. The number of fused-ring (bicyclic) bond motifs is 1. The summed E-state index contributed by atoms with van der Waals surface area (Å²) < 4.78 is 14.0. The molecule has 1 atom stereocenters. The molecule has 0 bridgehead atoms. The molecule has 0 aliphatic carbocycles. The molecule has 5 aromatic rings. The third-order valence-electron chi connectivity index (χ3n) is 9.49. The number of urea groups is 1. The minimum Gasteiger partial charge on any atom is -0.326 e. The van der Waals surface area contributed by atoms with Gasteiger partial charge in [0.15, 0.2) is 0 Å². The predicted octanol–water partition coefficient (Wildman–Crippen LogP) is 7.34. The van der Waals surface area contributed by atoms with Gasteiger partial charge < -0.3 is 16.0 Å². The first kappa shape index (κ1) is 37.3. The van der Waals surface area contributed by atoms with Crippen LogP contribution in [0.15, 0.2) is 126 Å². The average molecular weight is 750 g/mol. The van der Waals surface area contributed by atoms with Gasteiger partial charge in [-0.1, -0.05) is 60.7 Å². The van der Waals surface area contributed by atoms with Crippen molar-refractivity contribution in [3.05, 3.63) is 155 Å². The maximum absolute atomic E-state index is 14.0. The van der Waals surface area contributed by atoms with Crippen LogP contribution in [0.2, 0.25) is 0 Å². The number of aromatic nitrogens is 3. The largest absolute Gasteiger partial charge is 0.330 e. The van der Waals surface area contributed by atoms with Gasteiger partial charge in [-0.3, -0.25) is 29.4 Å². The van der Waals surface area contributed by atoms with Gasteiger partial charge in [0.25, 0.3) is 0 Å². The molecule has 4 amide bonds. The van der Waals surface area contributed by atoms with Crippen molar-refractivity contribution in [2.45, 2.75) is 46.2 Å². The molecule has 4 heterocycles. The molecule has 0 spiro atoms. The lowest BCUT2D eigenvalue weighted by Crippen LogP contribution is -2.46. The molecule has 7 rings (SSSR count). The Morgan fingerprint density at radius 1 is 0.964 bits per heavy atom. The van der Waals surface area contributed by atoms with Crippen LogP contribution in [-0.2, 0) is 22.6 Å². The Morgan fingerprint density at radius 3 is 2.52 bits per heavy atom. The molecular weight excluding hydrogens is 710 g/mol. The highest BCUT2D eigenvalue weighted by molar-refractivity contribution is 6.17. The smallest absolute Gasteiger partial charge is 0.326 e. The number of anilines is 5. The van der Waals surface area contributed by atoms with E-state index in [1.165, 1.54) is 17.0 Å². The van der Waals surface area contributed by atoms with Crippen LogP contribution in [0.25, 0.3) is 0 Å².